The fourth-order valence-corrected chi connectivity index (χ4v) is 2.99. The summed E-state index contributed by atoms with van der Waals surface area (Å²) in [6.07, 6.45) is 3.56. The Hall–Kier alpha value is -0.610. The molecule has 1 amide bonds. The summed E-state index contributed by atoms with van der Waals surface area (Å²) < 4.78 is 0. The summed E-state index contributed by atoms with van der Waals surface area (Å²) in [5, 5.41) is 3.07. The maximum Gasteiger partial charge on any atom is 0.221 e. The van der Waals surface area contributed by atoms with E-state index in [1.54, 1.807) is 0 Å². The summed E-state index contributed by atoms with van der Waals surface area (Å²) in [6, 6.07) is 0.332. The van der Waals surface area contributed by atoms with Gasteiger partial charge in [-0.1, -0.05) is 47.5 Å². The summed E-state index contributed by atoms with van der Waals surface area (Å²) >= 11 is 0. The van der Waals surface area contributed by atoms with Crippen LogP contribution in [0.25, 0.3) is 0 Å². The molecule has 0 rings (SSSR count). The Morgan fingerprint density at radius 3 is 2.10 bits per heavy atom. The molecular formula is C17H37N3O. The van der Waals surface area contributed by atoms with Crippen LogP contribution in [0.4, 0.5) is 0 Å². The SMILES string of the molecule is CCC(CC)C(CNC(=O)CC(N)CC(C)(C)C)N(C)C. The van der Waals surface area contributed by atoms with Crippen LogP contribution in [-0.2, 0) is 4.79 Å². The van der Waals surface area contributed by atoms with Crippen molar-refractivity contribution in [2.75, 3.05) is 20.6 Å². The molecule has 0 bridgehead atoms. The normalized spacial score (nSPS) is 15.3. The zero-order valence-corrected chi connectivity index (χ0v) is 15.2. The highest BCUT2D eigenvalue weighted by Gasteiger charge is 2.22. The lowest BCUT2D eigenvalue weighted by Gasteiger charge is -2.31. The van der Waals surface area contributed by atoms with E-state index in [0.717, 1.165) is 19.3 Å². The monoisotopic (exact) mass is 299 g/mol. The van der Waals surface area contributed by atoms with Crippen molar-refractivity contribution in [3.8, 4) is 0 Å². The Morgan fingerprint density at radius 1 is 1.19 bits per heavy atom. The van der Waals surface area contributed by atoms with Crippen LogP contribution in [0.1, 0.15) is 60.3 Å². The molecule has 4 nitrogen and oxygen atoms in total. The fourth-order valence-electron chi connectivity index (χ4n) is 2.99. The van der Waals surface area contributed by atoms with E-state index in [1.807, 2.05) is 0 Å². The van der Waals surface area contributed by atoms with Gasteiger partial charge in [0.05, 0.1) is 0 Å². The number of carbonyl (C=O) groups is 1. The number of nitrogens with two attached hydrogens (primary N) is 1. The van der Waals surface area contributed by atoms with Crippen LogP contribution in [0.15, 0.2) is 0 Å². The molecule has 2 unspecified atom stereocenters. The molecule has 0 saturated heterocycles. The molecule has 0 aromatic carbocycles. The molecule has 0 aliphatic rings. The molecule has 0 spiro atoms. The number of amides is 1. The van der Waals surface area contributed by atoms with E-state index in [1.165, 1.54) is 0 Å². The third-order valence-corrected chi connectivity index (χ3v) is 4.09. The van der Waals surface area contributed by atoms with Crippen LogP contribution in [0, 0.1) is 11.3 Å². The summed E-state index contributed by atoms with van der Waals surface area (Å²) in [5.41, 5.74) is 6.24. The minimum atomic E-state index is -0.0593. The standard InChI is InChI=1S/C17H37N3O/c1-8-13(9-2)15(20(6)7)12-19-16(21)10-14(18)11-17(3,4)5/h13-15H,8-12,18H2,1-7H3,(H,19,21). The fraction of sp³-hybridized carbons (Fsp3) is 0.941. The van der Waals surface area contributed by atoms with Crippen molar-refractivity contribution in [1.29, 1.82) is 0 Å². The summed E-state index contributed by atoms with van der Waals surface area (Å²) in [5.74, 6) is 0.688. The maximum absolute atomic E-state index is 12.1. The van der Waals surface area contributed by atoms with E-state index in [-0.39, 0.29) is 17.4 Å². The van der Waals surface area contributed by atoms with Gasteiger partial charge in [0.25, 0.3) is 0 Å². The smallest absolute Gasteiger partial charge is 0.221 e. The molecule has 0 saturated carbocycles. The quantitative estimate of drug-likeness (QED) is 0.688. The van der Waals surface area contributed by atoms with Crippen LogP contribution < -0.4 is 11.1 Å². The summed E-state index contributed by atoms with van der Waals surface area (Å²) in [4.78, 5) is 14.3. The van der Waals surface area contributed by atoms with Crippen molar-refractivity contribution in [2.45, 2.75) is 72.4 Å². The number of nitrogens with one attached hydrogen (secondary N) is 1. The zero-order valence-electron chi connectivity index (χ0n) is 15.2. The highest BCUT2D eigenvalue weighted by Crippen LogP contribution is 2.21. The van der Waals surface area contributed by atoms with Crippen LogP contribution in [0.5, 0.6) is 0 Å². The molecular weight excluding hydrogens is 262 g/mol. The Labute approximate surface area is 131 Å². The second kappa shape index (κ2) is 9.42. The predicted molar refractivity (Wildman–Crippen MR) is 91.2 cm³/mol. The maximum atomic E-state index is 12.1. The molecule has 0 aliphatic heterocycles. The van der Waals surface area contributed by atoms with Gasteiger partial charge in [-0.3, -0.25) is 4.79 Å². The molecule has 21 heavy (non-hydrogen) atoms. The number of hydrogen-bond acceptors (Lipinski definition) is 3. The van der Waals surface area contributed by atoms with Gasteiger partial charge >= 0.3 is 0 Å². The number of hydrogen-bond donors (Lipinski definition) is 2. The largest absolute Gasteiger partial charge is 0.354 e. The van der Waals surface area contributed by atoms with E-state index in [0.29, 0.717) is 24.9 Å². The zero-order chi connectivity index (χ0) is 16.6. The predicted octanol–water partition coefficient (Wildman–Crippen LogP) is 2.62. The Morgan fingerprint density at radius 2 is 1.71 bits per heavy atom. The van der Waals surface area contributed by atoms with Gasteiger partial charge in [-0.05, 0) is 31.8 Å². The Bertz CT molecular complexity index is 293. The molecule has 0 fully saturated rings. The van der Waals surface area contributed by atoms with Gasteiger partial charge in [-0.15, -0.1) is 0 Å². The van der Waals surface area contributed by atoms with Crippen LogP contribution in [0.3, 0.4) is 0 Å². The van der Waals surface area contributed by atoms with Crippen LogP contribution >= 0.6 is 0 Å². The van der Waals surface area contributed by atoms with Gasteiger partial charge in [-0.25, -0.2) is 0 Å². The summed E-state index contributed by atoms with van der Waals surface area (Å²) in [7, 11) is 4.17. The third-order valence-electron chi connectivity index (χ3n) is 4.09. The van der Waals surface area contributed by atoms with E-state index >= 15 is 0 Å². The van der Waals surface area contributed by atoms with Gasteiger partial charge in [0, 0.05) is 25.0 Å². The van der Waals surface area contributed by atoms with Crippen molar-refractivity contribution in [1.82, 2.24) is 10.2 Å². The first-order valence-electron chi connectivity index (χ1n) is 8.29. The van der Waals surface area contributed by atoms with Gasteiger partial charge < -0.3 is 16.0 Å². The van der Waals surface area contributed by atoms with Crippen molar-refractivity contribution in [2.24, 2.45) is 17.1 Å². The highest BCUT2D eigenvalue weighted by atomic mass is 16.1. The van der Waals surface area contributed by atoms with Gasteiger partial charge in [0.15, 0.2) is 0 Å². The lowest BCUT2D eigenvalue weighted by atomic mass is 9.87. The topological polar surface area (TPSA) is 58.4 Å². The minimum Gasteiger partial charge on any atom is -0.354 e. The van der Waals surface area contributed by atoms with E-state index < -0.39 is 0 Å². The number of likely N-dealkylation sites (N-methyl/N-ethyl adjacent to an activating group) is 1. The molecule has 0 aromatic heterocycles. The lowest BCUT2D eigenvalue weighted by molar-refractivity contribution is -0.121. The molecule has 0 radical (unpaired) electrons. The first kappa shape index (κ1) is 20.4. The number of nitrogens with zero attached hydrogens (tertiary/aromatic N) is 1. The third kappa shape index (κ3) is 9.10. The molecule has 0 aromatic rings. The van der Waals surface area contributed by atoms with E-state index in [9.17, 15) is 4.79 Å². The van der Waals surface area contributed by atoms with Crippen molar-refractivity contribution >= 4 is 5.91 Å². The second-order valence-corrected chi connectivity index (χ2v) is 7.64. The molecule has 0 aliphatic carbocycles. The number of rotatable bonds is 9. The van der Waals surface area contributed by atoms with Crippen LogP contribution in [-0.4, -0.2) is 43.5 Å². The Kier molecular flexibility index (Phi) is 9.14. The van der Waals surface area contributed by atoms with Gasteiger partial charge in [0.1, 0.15) is 0 Å². The molecule has 2 atom stereocenters. The molecule has 0 heterocycles. The molecule has 4 heteroatoms. The first-order chi connectivity index (χ1) is 9.60. The van der Waals surface area contributed by atoms with Gasteiger partial charge in [-0.2, -0.15) is 0 Å². The van der Waals surface area contributed by atoms with Crippen molar-refractivity contribution in [3.05, 3.63) is 0 Å². The highest BCUT2D eigenvalue weighted by molar-refractivity contribution is 5.76. The van der Waals surface area contributed by atoms with Crippen molar-refractivity contribution < 1.29 is 4.79 Å². The van der Waals surface area contributed by atoms with Gasteiger partial charge in [0.2, 0.25) is 5.91 Å². The average molecular weight is 300 g/mol. The Balaban J connectivity index is 4.31. The number of carbonyl (C=O) groups excluding carboxylic acids is 1. The van der Waals surface area contributed by atoms with E-state index in [2.05, 4.69) is 58.9 Å². The minimum absolute atomic E-state index is 0.0593. The lowest BCUT2D eigenvalue weighted by Crippen LogP contribution is -2.45. The summed E-state index contributed by atoms with van der Waals surface area (Å²) in [6.45, 7) is 11.6. The first-order valence-corrected chi connectivity index (χ1v) is 8.29. The average Bonchev–Trinajstić information content (AvgIpc) is 2.31. The molecule has 3 N–H and O–H groups in total. The molecule has 126 valence electrons. The van der Waals surface area contributed by atoms with Crippen molar-refractivity contribution in [3.63, 3.8) is 0 Å². The van der Waals surface area contributed by atoms with Crippen LogP contribution in [0.2, 0.25) is 0 Å². The van der Waals surface area contributed by atoms with E-state index in [4.69, 9.17) is 5.73 Å². The second-order valence-electron chi connectivity index (χ2n) is 7.64.